The SMILES string of the molecule is [B]c1cc(C2CO2)cc(Cl)n1. The van der Waals surface area contributed by atoms with Crippen LogP contribution in [0.1, 0.15) is 11.7 Å². The number of hydrogen-bond acceptors (Lipinski definition) is 2. The largest absolute Gasteiger partial charge is 0.368 e. The van der Waals surface area contributed by atoms with Crippen molar-refractivity contribution in [3.8, 4) is 0 Å². The van der Waals surface area contributed by atoms with E-state index in [1.54, 1.807) is 12.1 Å². The van der Waals surface area contributed by atoms with Crippen LogP contribution in [0.4, 0.5) is 0 Å². The minimum absolute atomic E-state index is 0.192. The zero-order valence-electron chi connectivity index (χ0n) is 5.75. The maximum absolute atomic E-state index is 5.68. The molecule has 4 heteroatoms. The molecule has 2 heterocycles. The van der Waals surface area contributed by atoms with E-state index in [4.69, 9.17) is 24.2 Å². The summed E-state index contributed by atoms with van der Waals surface area (Å²) in [7, 11) is 5.47. The second-order valence-electron chi connectivity index (χ2n) is 2.47. The van der Waals surface area contributed by atoms with Crippen molar-refractivity contribution in [3.63, 3.8) is 0 Å². The Morgan fingerprint density at radius 2 is 2.36 bits per heavy atom. The van der Waals surface area contributed by atoms with Crippen LogP contribution in [0.2, 0.25) is 5.15 Å². The van der Waals surface area contributed by atoms with Gasteiger partial charge < -0.3 is 4.74 Å². The summed E-state index contributed by atoms with van der Waals surface area (Å²) in [5.74, 6) is 0. The summed E-state index contributed by atoms with van der Waals surface area (Å²) in [6, 6.07) is 3.55. The van der Waals surface area contributed by atoms with Crippen molar-refractivity contribution in [2.75, 3.05) is 6.61 Å². The molecule has 0 amide bonds. The number of hydrogen-bond donors (Lipinski definition) is 0. The maximum Gasteiger partial charge on any atom is 0.141 e. The molecule has 0 bridgehead atoms. The summed E-state index contributed by atoms with van der Waals surface area (Å²) < 4.78 is 5.06. The standard InChI is InChI=1S/C7H5BClNO/c8-6-1-4(5-3-11-5)2-7(9)10-6/h1-2,5H,3H2. The molecule has 1 saturated heterocycles. The van der Waals surface area contributed by atoms with Crippen LogP contribution in [-0.4, -0.2) is 19.4 Å². The fraction of sp³-hybridized carbons (Fsp3) is 0.286. The number of rotatable bonds is 1. The van der Waals surface area contributed by atoms with Crippen LogP contribution >= 0.6 is 11.6 Å². The Labute approximate surface area is 70.9 Å². The third kappa shape index (κ3) is 1.55. The van der Waals surface area contributed by atoms with Crippen molar-refractivity contribution < 1.29 is 4.74 Å². The molecule has 0 spiro atoms. The number of halogens is 1. The van der Waals surface area contributed by atoms with E-state index in [1.165, 1.54) is 0 Å². The molecule has 1 fully saturated rings. The smallest absolute Gasteiger partial charge is 0.141 e. The van der Waals surface area contributed by atoms with Crippen molar-refractivity contribution >= 4 is 25.0 Å². The summed E-state index contributed by atoms with van der Waals surface area (Å²) in [5.41, 5.74) is 1.46. The fourth-order valence-electron chi connectivity index (χ4n) is 0.964. The molecule has 2 radical (unpaired) electrons. The lowest BCUT2D eigenvalue weighted by Gasteiger charge is -1.98. The highest BCUT2D eigenvalue weighted by atomic mass is 35.5. The Hall–Kier alpha value is -0.535. The van der Waals surface area contributed by atoms with Crippen molar-refractivity contribution in [1.82, 2.24) is 4.98 Å². The van der Waals surface area contributed by atoms with E-state index in [2.05, 4.69) is 4.98 Å². The van der Waals surface area contributed by atoms with E-state index in [-0.39, 0.29) is 6.10 Å². The first-order valence-corrected chi connectivity index (χ1v) is 3.68. The van der Waals surface area contributed by atoms with Gasteiger partial charge in [-0.1, -0.05) is 11.6 Å². The highest BCUT2D eigenvalue weighted by Crippen LogP contribution is 2.29. The van der Waals surface area contributed by atoms with Crippen LogP contribution in [-0.2, 0) is 4.74 Å². The molecule has 2 nitrogen and oxygen atoms in total. The minimum atomic E-state index is 0.192. The molecule has 1 aromatic heterocycles. The van der Waals surface area contributed by atoms with E-state index in [9.17, 15) is 0 Å². The molecule has 2 rings (SSSR count). The van der Waals surface area contributed by atoms with E-state index in [0.717, 1.165) is 12.2 Å². The average Bonchev–Trinajstić information content (AvgIpc) is 2.64. The normalized spacial score (nSPS) is 21.7. The first kappa shape index (κ1) is 7.13. The van der Waals surface area contributed by atoms with Gasteiger partial charge in [0.25, 0.3) is 0 Å². The predicted molar refractivity (Wildman–Crippen MR) is 43.3 cm³/mol. The van der Waals surface area contributed by atoms with Gasteiger partial charge >= 0.3 is 0 Å². The molecule has 0 aromatic carbocycles. The second-order valence-corrected chi connectivity index (χ2v) is 2.86. The minimum Gasteiger partial charge on any atom is -0.368 e. The average molecular weight is 165 g/mol. The molecule has 0 N–H and O–H groups in total. The third-order valence-electron chi connectivity index (χ3n) is 1.54. The monoisotopic (exact) mass is 165 g/mol. The Morgan fingerprint density at radius 3 is 2.91 bits per heavy atom. The van der Waals surface area contributed by atoms with Crippen molar-refractivity contribution in [3.05, 3.63) is 22.8 Å². The summed E-state index contributed by atoms with van der Waals surface area (Å²) in [6.07, 6.45) is 0.192. The van der Waals surface area contributed by atoms with E-state index < -0.39 is 0 Å². The molecule has 1 atom stereocenters. The molecular weight excluding hydrogens is 160 g/mol. The second kappa shape index (κ2) is 2.50. The van der Waals surface area contributed by atoms with Crippen LogP contribution in [0.3, 0.4) is 0 Å². The lowest BCUT2D eigenvalue weighted by molar-refractivity contribution is 0.415. The molecule has 0 saturated carbocycles. The van der Waals surface area contributed by atoms with Crippen LogP contribution in [0.15, 0.2) is 12.1 Å². The van der Waals surface area contributed by atoms with Crippen LogP contribution in [0, 0.1) is 0 Å². The van der Waals surface area contributed by atoms with Gasteiger partial charge in [0.05, 0.1) is 6.61 Å². The topological polar surface area (TPSA) is 25.4 Å². The van der Waals surface area contributed by atoms with Gasteiger partial charge in [-0.3, -0.25) is 4.98 Å². The summed E-state index contributed by atoms with van der Waals surface area (Å²) in [5, 5.41) is 0.426. The maximum atomic E-state index is 5.68. The van der Waals surface area contributed by atoms with Crippen LogP contribution in [0.5, 0.6) is 0 Å². The van der Waals surface area contributed by atoms with Gasteiger partial charge in [0.15, 0.2) is 0 Å². The first-order valence-electron chi connectivity index (χ1n) is 3.30. The van der Waals surface area contributed by atoms with Gasteiger partial charge in [-0.2, -0.15) is 0 Å². The molecule has 11 heavy (non-hydrogen) atoms. The van der Waals surface area contributed by atoms with Crippen molar-refractivity contribution in [2.45, 2.75) is 6.10 Å². The van der Waals surface area contributed by atoms with Crippen LogP contribution < -0.4 is 5.59 Å². The highest BCUT2D eigenvalue weighted by molar-refractivity contribution is 6.33. The number of pyridine rings is 1. The molecule has 1 unspecified atom stereocenters. The summed E-state index contributed by atoms with van der Waals surface area (Å²) in [4.78, 5) is 3.83. The lowest BCUT2D eigenvalue weighted by atomic mass is 10.0. The molecule has 1 aliphatic rings. The van der Waals surface area contributed by atoms with E-state index in [0.29, 0.717) is 10.7 Å². The quantitative estimate of drug-likeness (QED) is 0.346. The molecule has 1 aromatic rings. The fourth-order valence-corrected chi connectivity index (χ4v) is 1.19. The Balaban J connectivity index is 2.39. The predicted octanol–water partition coefficient (Wildman–Crippen LogP) is 0.600. The molecule has 54 valence electrons. The van der Waals surface area contributed by atoms with Gasteiger partial charge in [0, 0.05) is 0 Å². The Morgan fingerprint density at radius 1 is 1.64 bits per heavy atom. The number of aromatic nitrogens is 1. The number of ether oxygens (including phenoxy) is 1. The van der Waals surface area contributed by atoms with Crippen molar-refractivity contribution in [2.24, 2.45) is 0 Å². The summed E-state index contributed by atoms with van der Waals surface area (Å²) >= 11 is 5.68. The van der Waals surface area contributed by atoms with Crippen LogP contribution in [0.25, 0.3) is 0 Å². The molecular formula is C7H5BClNO. The lowest BCUT2D eigenvalue weighted by Crippen LogP contribution is -2.08. The Bertz CT molecular complexity index is 268. The third-order valence-corrected chi connectivity index (χ3v) is 1.73. The zero-order chi connectivity index (χ0) is 7.84. The van der Waals surface area contributed by atoms with Gasteiger partial charge in [-0.15, -0.1) is 0 Å². The number of nitrogens with zero attached hydrogens (tertiary/aromatic N) is 1. The van der Waals surface area contributed by atoms with Gasteiger partial charge in [0.2, 0.25) is 0 Å². The van der Waals surface area contributed by atoms with E-state index in [1.807, 2.05) is 0 Å². The summed E-state index contributed by atoms with van der Waals surface area (Å²) in [6.45, 7) is 0.764. The molecule has 0 aliphatic carbocycles. The van der Waals surface area contributed by atoms with Gasteiger partial charge in [0.1, 0.15) is 19.1 Å². The number of epoxide rings is 1. The first-order chi connectivity index (χ1) is 5.25. The van der Waals surface area contributed by atoms with Gasteiger partial charge in [-0.25, -0.2) is 0 Å². The van der Waals surface area contributed by atoms with Crippen molar-refractivity contribution in [1.29, 1.82) is 0 Å². The zero-order valence-corrected chi connectivity index (χ0v) is 6.51. The van der Waals surface area contributed by atoms with E-state index >= 15 is 0 Å². The Kier molecular flexibility index (Phi) is 1.62. The van der Waals surface area contributed by atoms with Gasteiger partial charge in [-0.05, 0) is 23.3 Å². The highest BCUT2D eigenvalue weighted by Gasteiger charge is 2.25. The molecule has 1 aliphatic heterocycles.